The molecule has 0 unspecified atom stereocenters. The number of aryl methyl sites for hydroxylation is 1. The Bertz CT molecular complexity index is 386. The fraction of sp³-hybridized carbons (Fsp3) is 0.636. The smallest absolute Gasteiger partial charge is 0.237 e. The lowest BCUT2D eigenvalue weighted by Crippen LogP contribution is -2.48. The van der Waals surface area contributed by atoms with E-state index in [9.17, 15) is 4.79 Å². The Balaban J connectivity index is 1.81. The first-order valence-electron chi connectivity index (χ1n) is 5.67. The largest absolute Gasteiger partial charge is 0.360 e. The zero-order valence-electron chi connectivity index (χ0n) is 9.86. The number of halogens is 1. The zero-order valence-corrected chi connectivity index (χ0v) is 10.6. The highest BCUT2D eigenvalue weighted by Crippen LogP contribution is 2.09. The maximum absolute atomic E-state index is 11.4. The highest BCUT2D eigenvalue weighted by Gasteiger charge is 2.21. The normalized spacial score (nSPS) is 17.4. The van der Waals surface area contributed by atoms with Crippen LogP contribution in [0.5, 0.6) is 0 Å². The van der Waals surface area contributed by atoms with Crippen LogP contribution in [0.15, 0.2) is 10.6 Å². The Morgan fingerprint density at radius 3 is 2.71 bits per heavy atom. The number of alkyl halides is 1. The molecule has 1 amide bonds. The molecule has 0 aliphatic carbocycles. The molecule has 0 aromatic carbocycles. The van der Waals surface area contributed by atoms with Crippen molar-refractivity contribution in [3.05, 3.63) is 17.5 Å². The molecule has 1 aromatic heterocycles. The molecule has 2 heterocycles. The zero-order chi connectivity index (χ0) is 12.3. The van der Waals surface area contributed by atoms with Gasteiger partial charge in [0, 0.05) is 32.2 Å². The molecule has 17 heavy (non-hydrogen) atoms. The molecule has 1 aliphatic rings. The Morgan fingerprint density at radius 1 is 1.47 bits per heavy atom. The number of nitrogens with zero attached hydrogens (tertiary/aromatic N) is 3. The third-order valence-corrected chi connectivity index (χ3v) is 3.12. The maximum atomic E-state index is 11.4. The van der Waals surface area contributed by atoms with Crippen LogP contribution in [0.1, 0.15) is 11.5 Å². The second-order valence-electron chi connectivity index (χ2n) is 4.23. The molecular formula is C11H16ClN3O2. The molecule has 0 radical (unpaired) electrons. The van der Waals surface area contributed by atoms with Crippen LogP contribution < -0.4 is 0 Å². The highest BCUT2D eigenvalue weighted by molar-refractivity contribution is 6.27. The summed E-state index contributed by atoms with van der Waals surface area (Å²) >= 11 is 5.53. The van der Waals surface area contributed by atoms with Crippen molar-refractivity contribution in [2.24, 2.45) is 0 Å². The minimum atomic E-state index is 0.0156. The lowest BCUT2D eigenvalue weighted by molar-refractivity contribution is -0.130. The van der Waals surface area contributed by atoms with E-state index in [-0.39, 0.29) is 11.8 Å². The number of hydrogen-bond donors (Lipinski definition) is 0. The van der Waals surface area contributed by atoms with E-state index in [1.807, 2.05) is 13.0 Å². The molecule has 1 fully saturated rings. The number of aromatic nitrogens is 1. The molecule has 1 aromatic rings. The highest BCUT2D eigenvalue weighted by atomic mass is 35.5. The van der Waals surface area contributed by atoms with Crippen LogP contribution in [-0.4, -0.2) is 52.9 Å². The summed E-state index contributed by atoms with van der Waals surface area (Å²) < 4.78 is 5.17. The van der Waals surface area contributed by atoms with Crippen molar-refractivity contribution in [2.75, 3.05) is 32.1 Å². The number of carbonyl (C=O) groups is 1. The molecule has 0 saturated carbocycles. The van der Waals surface area contributed by atoms with Crippen molar-refractivity contribution in [3.8, 4) is 0 Å². The number of rotatable bonds is 3. The summed E-state index contributed by atoms with van der Waals surface area (Å²) in [5, 5.41) is 3.85. The third kappa shape index (κ3) is 3.20. The van der Waals surface area contributed by atoms with Gasteiger partial charge in [0.25, 0.3) is 0 Å². The lowest BCUT2D eigenvalue weighted by atomic mass is 10.3. The standard InChI is InChI=1S/C11H16ClN3O2/c1-9-6-10(17-13-9)8-14-2-4-15(5-3-14)11(16)7-12/h6H,2-5,7-8H2,1H3. The molecular weight excluding hydrogens is 242 g/mol. The Kier molecular flexibility index (Phi) is 4.02. The van der Waals surface area contributed by atoms with Crippen molar-refractivity contribution in [1.82, 2.24) is 15.0 Å². The van der Waals surface area contributed by atoms with Gasteiger partial charge in [-0.2, -0.15) is 0 Å². The predicted molar refractivity (Wildman–Crippen MR) is 63.8 cm³/mol. The van der Waals surface area contributed by atoms with E-state index in [4.69, 9.17) is 16.1 Å². The summed E-state index contributed by atoms with van der Waals surface area (Å²) in [6.07, 6.45) is 0. The van der Waals surface area contributed by atoms with Crippen molar-refractivity contribution in [3.63, 3.8) is 0 Å². The van der Waals surface area contributed by atoms with Crippen molar-refractivity contribution in [2.45, 2.75) is 13.5 Å². The topological polar surface area (TPSA) is 49.6 Å². The van der Waals surface area contributed by atoms with Crippen molar-refractivity contribution < 1.29 is 9.32 Å². The summed E-state index contributed by atoms with van der Waals surface area (Å²) in [5.41, 5.74) is 0.899. The molecule has 0 bridgehead atoms. The van der Waals surface area contributed by atoms with Gasteiger partial charge in [-0.25, -0.2) is 0 Å². The molecule has 0 spiro atoms. The molecule has 5 nitrogen and oxygen atoms in total. The van der Waals surface area contributed by atoms with Crippen LogP contribution in [0, 0.1) is 6.92 Å². The summed E-state index contributed by atoms with van der Waals surface area (Å²) in [5.74, 6) is 0.961. The lowest BCUT2D eigenvalue weighted by Gasteiger charge is -2.33. The summed E-state index contributed by atoms with van der Waals surface area (Å²) in [7, 11) is 0. The van der Waals surface area contributed by atoms with E-state index in [1.165, 1.54) is 0 Å². The molecule has 0 atom stereocenters. The van der Waals surface area contributed by atoms with Crippen molar-refractivity contribution in [1.29, 1.82) is 0 Å². The average Bonchev–Trinajstić information content (AvgIpc) is 2.75. The molecule has 6 heteroatoms. The van der Waals surface area contributed by atoms with Crippen molar-refractivity contribution >= 4 is 17.5 Å². The molecule has 1 saturated heterocycles. The van der Waals surface area contributed by atoms with Gasteiger partial charge in [-0.05, 0) is 6.92 Å². The van der Waals surface area contributed by atoms with Gasteiger partial charge in [0.2, 0.25) is 5.91 Å². The minimum Gasteiger partial charge on any atom is -0.360 e. The summed E-state index contributed by atoms with van der Waals surface area (Å²) in [6, 6.07) is 1.94. The minimum absolute atomic E-state index is 0.0156. The van der Waals surface area contributed by atoms with E-state index >= 15 is 0 Å². The molecule has 94 valence electrons. The van der Waals surface area contributed by atoms with Gasteiger partial charge in [-0.1, -0.05) is 5.16 Å². The average molecular weight is 258 g/mol. The van der Waals surface area contributed by atoms with Crippen LogP contribution in [0.3, 0.4) is 0 Å². The third-order valence-electron chi connectivity index (χ3n) is 2.90. The van der Waals surface area contributed by atoms with E-state index < -0.39 is 0 Å². The number of amides is 1. The summed E-state index contributed by atoms with van der Waals surface area (Å²) in [6.45, 7) is 5.83. The predicted octanol–water partition coefficient (Wildman–Crippen LogP) is 0.866. The van der Waals surface area contributed by atoms with Gasteiger partial charge < -0.3 is 9.42 Å². The second-order valence-corrected chi connectivity index (χ2v) is 4.49. The van der Waals surface area contributed by atoms with E-state index in [2.05, 4.69) is 10.1 Å². The quantitative estimate of drug-likeness (QED) is 0.754. The van der Waals surface area contributed by atoms with Crippen LogP contribution in [0.4, 0.5) is 0 Å². The Hall–Kier alpha value is -1.07. The van der Waals surface area contributed by atoms with Gasteiger partial charge in [0.1, 0.15) is 5.88 Å². The molecule has 1 aliphatic heterocycles. The number of hydrogen-bond acceptors (Lipinski definition) is 4. The fourth-order valence-electron chi connectivity index (χ4n) is 1.95. The van der Waals surface area contributed by atoms with Gasteiger partial charge >= 0.3 is 0 Å². The first-order valence-corrected chi connectivity index (χ1v) is 6.21. The first-order chi connectivity index (χ1) is 8.19. The van der Waals surface area contributed by atoms with Gasteiger partial charge in [0.15, 0.2) is 5.76 Å². The number of carbonyl (C=O) groups excluding carboxylic acids is 1. The SMILES string of the molecule is Cc1cc(CN2CCN(C(=O)CCl)CC2)on1. The second kappa shape index (κ2) is 5.51. The van der Waals surface area contributed by atoms with Gasteiger partial charge in [0.05, 0.1) is 12.2 Å². The van der Waals surface area contributed by atoms with E-state index in [1.54, 1.807) is 4.90 Å². The first kappa shape index (κ1) is 12.4. The Morgan fingerprint density at radius 2 is 2.18 bits per heavy atom. The molecule has 0 N–H and O–H groups in total. The molecule has 2 rings (SSSR count). The maximum Gasteiger partial charge on any atom is 0.237 e. The van der Waals surface area contributed by atoms with Crippen LogP contribution in [0.2, 0.25) is 0 Å². The van der Waals surface area contributed by atoms with E-state index in [0.29, 0.717) is 0 Å². The monoisotopic (exact) mass is 257 g/mol. The van der Waals surface area contributed by atoms with Crippen LogP contribution in [-0.2, 0) is 11.3 Å². The van der Waals surface area contributed by atoms with Crippen LogP contribution in [0.25, 0.3) is 0 Å². The van der Waals surface area contributed by atoms with Crippen LogP contribution >= 0.6 is 11.6 Å². The van der Waals surface area contributed by atoms with E-state index in [0.717, 1.165) is 44.2 Å². The van der Waals surface area contributed by atoms with Gasteiger partial charge in [-0.3, -0.25) is 9.69 Å². The number of piperazine rings is 1. The van der Waals surface area contributed by atoms with Gasteiger partial charge in [-0.15, -0.1) is 11.6 Å². The summed E-state index contributed by atoms with van der Waals surface area (Å²) in [4.78, 5) is 15.4. The fourth-order valence-corrected chi connectivity index (χ4v) is 2.12. The Labute approximate surface area is 105 Å².